The van der Waals surface area contributed by atoms with Crippen molar-refractivity contribution < 1.29 is 19.1 Å². The molecule has 0 bridgehead atoms. The molecule has 4 aromatic rings. The highest BCUT2D eigenvalue weighted by molar-refractivity contribution is 8.01. The quantitative estimate of drug-likeness (QED) is 0.241. The minimum Gasteiger partial charge on any atom is -0.497 e. The number of carbonyl (C=O) groups excluding carboxylic acids is 2. The Bertz CT molecular complexity index is 1390. The second-order valence-corrected chi connectivity index (χ2v) is 11.6. The minimum atomic E-state index is -0.0712. The SMILES string of the molecule is COc1ccc(C2SCC(=O)N2c2ccc(-c3ccc(N4C(=O)CSC4c4ccc(OC)cc4)cc3)cc2)cc1. The van der Waals surface area contributed by atoms with Gasteiger partial charge in [0.2, 0.25) is 11.8 Å². The van der Waals surface area contributed by atoms with Crippen molar-refractivity contribution in [2.75, 3.05) is 35.5 Å². The predicted octanol–water partition coefficient (Wildman–Crippen LogP) is 6.93. The molecule has 0 N–H and O–H groups in total. The average molecular weight is 569 g/mol. The standard InChI is InChI=1S/C32H28N2O4S2/c1-37-27-15-7-23(8-16-27)31-33(29(35)19-39-31)25-11-3-21(4-12-25)22-5-13-26(14-6-22)34-30(36)20-40-32(34)24-9-17-28(38-2)18-10-24/h3-18,31-32H,19-20H2,1-2H3. The normalized spacial score (nSPS) is 18.9. The van der Waals surface area contributed by atoms with Crippen molar-refractivity contribution in [1.29, 1.82) is 0 Å². The monoisotopic (exact) mass is 568 g/mol. The number of benzene rings is 4. The first-order valence-electron chi connectivity index (χ1n) is 12.9. The molecule has 2 heterocycles. The molecule has 2 unspecified atom stereocenters. The Balaban J connectivity index is 1.20. The van der Waals surface area contributed by atoms with E-state index in [2.05, 4.69) is 0 Å². The first-order chi connectivity index (χ1) is 19.6. The van der Waals surface area contributed by atoms with Gasteiger partial charge in [0.05, 0.1) is 25.7 Å². The van der Waals surface area contributed by atoms with Gasteiger partial charge >= 0.3 is 0 Å². The zero-order chi connectivity index (χ0) is 27.6. The molecule has 0 spiro atoms. The van der Waals surface area contributed by atoms with Crippen molar-refractivity contribution in [3.05, 3.63) is 108 Å². The van der Waals surface area contributed by atoms with Gasteiger partial charge in [-0.15, -0.1) is 23.5 Å². The van der Waals surface area contributed by atoms with E-state index < -0.39 is 0 Å². The van der Waals surface area contributed by atoms with Crippen molar-refractivity contribution in [3.8, 4) is 22.6 Å². The van der Waals surface area contributed by atoms with Crippen molar-refractivity contribution in [3.63, 3.8) is 0 Å². The number of hydrogen-bond donors (Lipinski definition) is 0. The summed E-state index contributed by atoms with van der Waals surface area (Å²) in [5, 5.41) is -0.142. The van der Waals surface area contributed by atoms with Crippen LogP contribution in [0.5, 0.6) is 11.5 Å². The molecule has 2 amide bonds. The molecule has 6 rings (SSSR count). The summed E-state index contributed by atoms with van der Waals surface area (Å²) in [7, 11) is 3.29. The lowest BCUT2D eigenvalue weighted by Crippen LogP contribution is -2.27. The number of thioether (sulfide) groups is 2. The Kier molecular flexibility index (Phi) is 7.45. The molecule has 2 fully saturated rings. The summed E-state index contributed by atoms with van der Waals surface area (Å²) in [6.07, 6.45) is 0. The highest BCUT2D eigenvalue weighted by Crippen LogP contribution is 2.44. The molecule has 2 atom stereocenters. The largest absolute Gasteiger partial charge is 0.497 e. The van der Waals surface area contributed by atoms with Crippen LogP contribution in [0, 0.1) is 0 Å². The Hall–Kier alpha value is -3.88. The topological polar surface area (TPSA) is 59.1 Å². The van der Waals surface area contributed by atoms with Crippen LogP contribution in [0.15, 0.2) is 97.1 Å². The number of anilines is 2. The Labute approximate surface area is 242 Å². The second-order valence-electron chi connectivity index (χ2n) is 9.49. The molecule has 2 aliphatic heterocycles. The van der Waals surface area contributed by atoms with E-state index in [0.717, 1.165) is 45.1 Å². The summed E-state index contributed by atoms with van der Waals surface area (Å²) in [5.41, 5.74) is 5.98. The third-order valence-corrected chi connectivity index (χ3v) is 9.59. The molecule has 0 aliphatic carbocycles. The molecule has 4 aromatic carbocycles. The zero-order valence-corrected chi connectivity index (χ0v) is 23.8. The molecule has 0 saturated carbocycles. The number of methoxy groups -OCH3 is 2. The van der Waals surface area contributed by atoms with Crippen LogP contribution in [0.1, 0.15) is 21.9 Å². The second kappa shape index (κ2) is 11.3. The van der Waals surface area contributed by atoms with Gasteiger partial charge in [-0.25, -0.2) is 0 Å². The van der Waals surface area contributed by atoms with Gasteiger partial charge in [0.1, 0.15) is 22.2 Å². The summed E-state index contributed by atoms with van der Waals surface area (Å²) < 4.78 is 10.6. The molecule has 8 heteroatoms. The van der Waals surface area contributed by atoms with Crippen LogP contribution in [0.4, 0.5) is 11.4 Å². The molecule has 2 aliphatic rings. The highest BCUT2D eigenvalue weighted by Gasteiger charge is 2.35. The average Bonchev–Trinajstić information content (AvgIpc) is 3.59. The molecule has 0 radical (unpaired) electrons. The van der Waals surface area contributed by atoms with Crippen molar-refractivity contribution in [2.24, 2.45) is 0 Å². The maximum Gasteiger partial charge on any atom is 0.238 e. The molecule has 6 nitrogen and oxygen atoms in total. The number of rotatable bonds is 7. The lowest BCUT2D eigenvalue weighted by Gasteiger charge is -2.25. The van der Waals surface area contributed by atoms with E-state index in [1.54, 1.807) is 37.7 Å². The number of amides is 2. The van der Waals surface area contributed by atoms with E-state index in [1.165, 1.54) is 0 Å². The fraction of sp³-hybridized carbons (Fsp3) is 0.188. The van der Waals surface area contributed by atoms with E-state index in [1.807, 2.05) is 107 Å². The minimum absolute atomic E-state index is 0.0712. The van der Waals surface area contributed by atoms with E-state index in [4.69, 9.17) is 9.47 Å². The summed E-state index contributed by atoms with van der Waals surface area (Å²) >= 11 is 3.26. The lowest BCUT2D eigenvalue weighted by atomic mass is 10.0. The third-order valence-electron chi connectivity index (χ3n) is 7.16. The third kappa shape index (κ3) is 5.05. The molecule has 40 heavy (non-hydrogen) atoms. The van der Waals surface area contributed by atoms with E-state index in [0.29, 0.717) is 11.5 Å². The van der Waals surface area contributed by atoms with E-state index >= 15 is 0 Å². The fourth-order valence-corrected chi connectivity index (χ4v) is 7.42. The smallest absolute Gasteiger partial charge is 0.238 e. The number of hydrogen-bond acceptors (Lipinski definition) is 6. The van der Waals surface area contributed by atoms with Gasteiger partial charge in [-0.3, -0.25) is 19.4 Å². The van der Waals surface area contributed by atoms with Crippen LogP contribution in [0.25, 0.3) is 11.1 Å². The van der Waals surface area contributed by atoms with E-state index in [-0.39, 0.29) is 22.6 Å². The fourth-order valence-electron chi connectivity index (χ4n) is 5.07. The molecular weight excluding hydrogens is 540 g/mol. The van der Waals surface area contributed by atoms with Gasteiger partial charge < -0.3 is 9.47 Å². The van der Waals surface area contributed by atoms with Gasteiger partial charge in [0.15, 0.2) is 0 Å². The Morgan fingerprint density at radius 1 is 0.550 bits per heavy atom. The highest BCUT2D eigenvalue weighted by atomic mass is 32.2. The summed E-state index contributed by atoms with van der Waals surface area (Å²) in [6.45, 7) is 0. The molecular formula is C32H28N2O4S2. The van der Waals surface area contributed by atoms with Crippen molar-refractivity contribution in [1.82, 2.24) is 0 Å². The molecule has 0 aromatic heterocycles. The van der Waals surface area contributed by atoms with Crippen LogP contribution >= 0.6 is 23.5 Å². The first kappa shape index (κ1) is 26.3. The van der Waals surface area contributed by atoms with Gasteiger partial charge in [-0.05, 0) is 70.8 Å². The maximum absolute atomic E-state index is 12.8. The maximum atomic E-state index is 12.8. The first-order valence-corrected chi connectivity index (χ1v) is 15.0. The van der Waals surface area contributed by atoms with E-state index in [9.17, 15) is 9.59 Å². The summed E-state index contributed by atoms with van der Waals surface area (Å²) in [5.74, 6) is 2.69. The van der Waals surface area contributed by atoms with Crippen molar-refractivity contribution >= 4 is 46.7 Å². The Morgan fingerprint density at radius 2 is 0.900 bits per heavy atom. The summed E-state index contributed by atoms with van der Waals surface area (Å²) in [4.78, 5) is 29.4. The zero-order valence-electron chi connectivity index (χ0n) is 22.2. The predicted molar refractivity (Wildman–Crippen MR) is 163 cm³/mol. The van der Waals surface area contributed by atoms with Gasteiger partial charge in [-0.2, -0.15) is 0 Å². The molecule has 2 saturated heterocycles. The number of ether oxygens (including phenoxy) is 2. The number of carbonyl (C=O) groups is 2. The molecule has 202 valence electrons. The summed E-state index contributed by atoms with van der Waals surface area (Å²) in [6, 6.07) is 32.0. The Morgan fingerprint density at radius 3 is 1.23 bits per heavy atom. The van der Waals surface area contributed by atoms with Gasteiger partial charge in [-0.1, -0.05) is 48.5 Å². The van der Waals surface area contributed by atoms with Crippen LogP contribution in [-0.2, 0) is 9.59 Å². The van der Waals surface area contributed by atoms with Crippen LogP contribution in [0.3, 0.4) is 0 Å². The van der Waals surface area contributed by atoms with Gasteiger partial charge in [0, 0.05) is 11.4 Å². The number of nitrogens with zero attached hydrogens (tertiary/aromatic N) is 2. The lowest BCUT2D eigenvalue weighted by molar-refractivity contribution is -0.116. The van der Waals surface area contributed by atoms with Crippen LogP contribution in [-0.4, -0.2) is 37.5 Å². The van der Waals surface area contributed by atoms with Gasteiger partial charge in [0.25, 0.3) is 0 Å². The van der Waals surface area contributed by atoms with Crippen LogP contribution in [0.2, 0.25) is 0 Å². The van der Waals surface area contributed by atoms with Crippen molar-refractivity contribution in [2.45, 2.75) is 10.7 Å². The van der Waals surface area contributed by atoms with Crippen LogP contribution < -0.4 is 19.3 Å².